The molecule has 1 heterocycles. The molecule has 1 fully saturated rings. The summed E-state index contributed by atoms with van der Waals surface area (Å²) >= 11 is 0. The van der Waals surface area contributed by atoms with Gasteiger partial charge in [0.1, 0.15) is 5.75 Å². The summed E-state index contributed by atoms with van der Waals surface area (Å²) in [5.74, 6) is 1.58. The number of hydrogen-bond acceptors (Lipinski definition) is 4. The van der Waals surface area contributed by atoms with Crippen LogP contribution in [0.15, 0.2) is 24.3 Å². The summed E-state index contributed by atoms with van der Waals surface area (Å²) in [7, 11) is -3.18. The third-order valence-corrected chi connectivity index (χ3v) is 5.75. The highest BCUT2D eigenvalue weighted by Crippen LogP contribution is 2.20. The molecule has 1 aliphatic heterocycles. The fourth-order valence-electron chi connectivity index (χ4n) is 2.72. The van der Waals surface area contributed by atoms with Crippen LogP contribution in [0.1, 0.15) is 38.7 Å². The van der Waals surface area contributed by atoms with Crippen molar-refractivity contribution < 1.29 is 13.2 Å². The SMILES string of the molecule is CCS(=O)(=O)N[C@@H]1CCNC[C@@H]1COc1ccc(C(C)C)cc1.Cl. The monoisotopic (exact) mass is 376 g/mol. The van der Waals surface area contributed by atoms with Crippen molar-refractivity contribution in [1.82, 2.24) is 10.0 Å². The molecule has 1 aliphatic rings. The van der Waals surface area contributed by atoms with Gasteiger partial charge in [0.05, 0.1) is 12.4 Å². The maximum Gasteiger partial charge on any atom is 0.211 e. The molecule has 1 aromatic carbocycles. The second-order valence-electron chi connectivity index (χ2n) is 6.42. The summed E-state index contributed by atoms with van der Waals surface area (Å²) in [6, 6.07) is 8.07. The van der Waals surface area contributed by atoms with Crippen LogP contribution in [-0.4, -0.2) is 39.9 Å². The number of piperidine rings is 1. The molecular weight excluding hydrogens is 348 g/mol. The molecule has 0 aliphatic carbocycles. The third kappa shape index (κ3) is 6.24. The molecule has 7 heteroatoms. The zero-order valence-electron chi connectivity index (χ0n) is 14.6. The number of benzene rings is 1. The Balaban J connectivity index is 0.00000288. The molecule has 0 saturated carbocycles. The van der Waals surface area contributed by atoms with Gasteiger partial charge >= 0.3 is 0 Å². The van der Waals surface area contributed by atoms with Crippen molar-refractivity contribution >= 4 is 22.4 Å². The van der Waals surface area contributed by atoms with E-state index in [9.17, 15) is 8.42 Å². The van der Waals surface area contributed by atoms with E-state index in [0.717, 1.165) is 25.3 Å². The van der Waals surface area contributed by atoms with E-state index in [2.05, 4.69) is 36.0 Å². The summed E-state index contributed by atoms with van der Waals surface area (Å²) in [6.45, 7) is 8.08. The summed E-state index contributed by atoms with van der Waals surface area (Å²) in [4.78, 5) is 0. The molecule has 1 aromatic rings. The van der Waals surface area contributed by atoms with Crippen LogP contribution in [0.2, 0.25) is 0 Å². The van der Waals surface area contributed by atoms with Crippen molar-refractivity contribution in [3.63, 3.8) is 0 Å². The first-order chi connectivity index (χ1) is 10.9. The van der Waals surface area contributed by atoms with E-state index >= 15 is 0 Å². The maximum absolute atomic E-state index is 11.8. The molecule has 1 saturated heterocycles. The molecule has 0 spiro atoms. The summed E-state index contributed by atoms with van der Waals surface area (Å²) in [5.41, 5.74) is 1.28. The lowest BCUT2D eigenvalue weighted by Gasteiger charge is -2.32. The Morgan fingerprint density at radius 2 is 1.96 bits per heavy atom. The van der Waals surface area contributed by atoms with E-state index in [1.54, 1.807) is 6.92 Å². The van der Waals surface area contributed by atoms with Gasteiger partial charge < -0.3 is 10.1 Å². The van der Waals surface area contributed by atoms with Crippen LogP contribution >= 0.6 is 12.4 Å². The second kappa shape index (κ2) is 9.61. The van der Waals surface area contributed by atoms with Crippen molar-refractivity contribution in [3.8, 4) is 5.75 Å². The molecule has 24 heavy (non-hydrogen) atoms. The summed E-state index contributed by atoms with van der Waals surface area (Å²) in [5, 5.41) is 3.31. The average Bonchev–Trinajstić information content (AvgIpc) is 2.54. The zero-order valence-corrected chi connectivity index (χ0v) is 16.3. The van der Waals surface area contributed by atoms with E-state index < -0.39 is 10.0 Å². The lowest BCUT2D eigenvalue weighted by molar-refractivity contribution is 0.191. The Bertz CT molecular complexity index is 590. The lowest BCUT2D eigenvalue weighted by atomic mass is 9.95. The van der Waals surface area contributed by atoms with Gasteiger partial charge in [-0.1, -0.05) is 26.0 Å². The molecule has 2 atom stereocenters. The Labute approximate surface area is 152 Å². The lowest BCUT2D eigenvalue weighted by Crippen LogP contribution is -2.51. The number of sulfonamides is 1. The minimum absolute atomic E-state index is 0. The number of hydrogen-bond donors (Lipinski definition) is 2. The Morgan fingerprint density at radius 3 is 2.54 bits per heavy atom. The van der Waals surface area contributed by atoms with Crippen LogP contribution in [0.25, 0.3) is 0 Å². The predicted octanol–water partition coefficient (Wildman–Crippen LogP) is 2.53. The van der Waals surface area contributed by atoms with Gasteiger partial charge in [-0.25, -0.2) is 13.1 Å². The van der Waals surface area contributed by atoms with Gasteiger partial charge in [0, 0.05) is 18.5 Å². The quantitative estimate of drug-likeness (QED) is 0.767. The normalized spacial score (nSPS) is 21.3. The van der Waals surface area contributed by atoms with Crippen LogP contribution in [0.5, 0.6) is 5.75 Å². The molecule has 2 N–H and O–H groups in total. The minimum Gasteiger partial charge on any atom is -0.493 e. The third-order valence-electron chi connectivity index (χ3n) is 4.33. The zero-order chi connectivity index (χ0) is 16.9. The van der Waals surface area contributed by atoms with Crippen molar-refractivity contribution in [2.45, 2.75) is 39.2 Å². The molecule has 0 radical (unpaired) electrons. The first kappa shape index (κ1) is 21.2. The van der Waals surface area contributed by atoms with Crippen molar-refractivity contribution in [1.29, 1.82) is 0 Å². The smallest absolute Gasteiger partial charge is 0.211 e. The molecule has 0 bridgehead atoms. The molecule has 0 amide bonds. The van der Waals surface area contributed by atoms with Gasteiger partial charge in [-0.05, 0) is 43.5 Å². The number of ether oxygens (including phenoxy) is 1. The van der Waals surface area contributed by atoms with Crippen LogP contribution in [0, 0.1) is 5.92 Å². The van der Waals surface area contributed by atoms with E-state index in [-0.39, 0.29) is 30.1 Å². The van der Waals surface area contributed by atoms with Crippen LogP contribution in [-0.2, 0) is 10.0 Å². The van der Waals surface area contributed by atoms with E-state index in [4.69, 9.17) is 4.74 Å². The van der Waals surface area contributed by atoms with E-state index in [0.29, 0.717) is 12.5 Å². The fourth-order valence-corrected chi connectivity index (χ4v) is 3.66. The summed E-state index contributed by atoms with van der Waals surface area (Å²) in [6.07, 6.45) is 0.791. The van der Waals surface area contributed by atoms with Gasteiger partial charge in [0.2, 0.25) is 10.0 Å². The topological polar surface area (TPSA) is 67.4 Å². The number of rotatable bonds is 7. The van der Waals surface area contributed by atoms with E-state index in [1.807, 2.05) is 12.1 Å². The van der Waals surface area contributed by atoms with Gasteiger partial charge in [-0.2, -0.15) is 0 Å². The highest BCUT2D eigenvalue weighted by atomic mass is 35.5. The van der Waals surface area contributed by atoms with Crippen molar-refractivity contribution in [2.24, 2.45) is 5.92 Å². The second-order valence-corrected chi connectivity index (χ2v) is 8.46. The van der Waals surface area contributed by atoms with Crippen LogP contribution in [0.4, 0.5) is 0 Å². The number of halogens is 1. The predicted molar refractivity (Wildman–Crippen MR) is 101 cm³/mol. The standard InChI is InChI=1S/C17H28N2O3S.ClH/c1-4-23(20,21)19-17-9-10-18-11-15(17)12-22-16-7-5-14(6-8-16)13(2)3;/h5-8,13,15,17-19H,4,9-12H2,1-3H3;1H/t15-,17-;/m1./s1. The number of nitrogens with one attached hydrogen (secondary N) is 2. The van der Waals surface area contributed by atoms with Gasteiger partial charge in [-0.3, -0.25) is 0 Å². The Morgan fingerprint density at radius 1 is 1.29 bits per heavy atom. The molecule has 138 valence electrons. The minimum atomic E-state index is -3.18. The van der Waals surface area contributed by atoms with Crippen LogP contribution in [0.3, 0.4) is 0 Å². The molecular formula is C17H29ClN2O3S. The van der Waals surface area contributed by atoms with Crippen LogP contribution < -0.4 is 14.8 Å². The van der Waals surface area contributed by atoms with Gasteiger partial charge in [0.25, 0.3) is 0 Å². The van der Waals surface area contributed by atoms with Gasteiger partial charge in [0.15, 0.2) is 0 Å². The Hall–Kier alpha value is -0.820. The molecule has 2 rings (SSSR count). The largest absolute Gasteiger partial charge is 0.493 e. The first-order valence-electron chi connectivity index (χ1n) is 8.34. The Kier molecular flexibility index (Phi) is 8.50. The van der Waals surface area contributed by atoms with Gasteiger partial charge in [-0.15, -0.1) is 12.4 Å². The highest BCUT2D eigenvalue weighted by molar-refractivity contribution is 7.89. The van der Waals surface area contributed by atoms with Crippen molar-refractivity contribution in [3.05, 3.63) is 29.8 Å². The highest BCUT2D eigenvalue weighted by Gasteiger charge is 2.28. The summed E-state index contributed by atoms with van der Waals surface area (Å²) < 4.78 is 32.3. The first-order valence-corrected chi connectivity index (χ1v) is 10.00. The molecule has 5 nitrogen and oxygen atoms in total. The average molecular weight is 377 g/mol. The molecule has 0 aromatic heterocycles. The maximum atomic E-state index is 11.8. The fraction of sp³-hybridized carbons (Fsp3) is 0.647. The molecule has 0 unspecified atom stereocenters. The van der Waals surface area contributed by atoms with Crippen molar-refractivity contribution in [2.75, 3.05) is 25.4 Å². The van der Waals surface area contributed by atoms with E-state index in [1.165, 1.54) is 5.56 Å².